The zero-order chi connectivity index (χ0) is 16.1. The maximum absolute atomic E-state index is 12.0. The van der Waals surface area contributed by atoms with Crippen LogP contribution < -0.4 is 10.6 Å². The lowest BCUT2D eigenvalue weighted by atomic mass is 10.1. The van der Waals surface area contributed by atoms with Gasteiger partial charge in [0.2, 0.25) is 0 Å². The summed E-state index contributed by atoms with van der Waals surface area (Å²) in [7, 11) is 1.86. The summed E-state index contributed by atoms with van der Waals surface area (Å²) in [6.07, 6.45) is 2.88. The Balaban J connectivity index is 2.21. The standard InChI is InChI=1S/C15H19ClN4O2/c1-10(21)9-18-15(22)19-13(14-17-7-8-20(14)2)11-3-5-12(16)6-4-11/h3-8,10,13,21H,9H2,1-2H3,(H2,18,19,22)/t10-,13+/m1/s1. The first-order valence-corrected chi connectivity index (χ1v) is 7.30. The second kappa shape index (κ2) is 7.29. The second-order valence-corrected chi connectivity index (χ2v) is 5.52. The quantitative estimate of drug-likeness (QED) is 0.786. The number of aliphatic hydroxyl groups excluding tert-OH is 1. The molecule has 0 aliphatic rings. The van der Waals surface area contributed by atoms with Crippen molar-refractivity contribution < 1.29 is 9.90 Å². The highest BCUT2D eigenvalue weighted by atomic mass is 35.5. The van der Waals surface area contributed by atoms with E-state index >= 15 is 0 Å². The highest BCUT2D eigenvalue weighted by Crippen LogP contribution is 2.22. The van der Waals surface area contributed by atoms with Gasteiger partial charge < -0.3 is 20.3 Å². The zero-order valence-corrected chi connectivity index (χ0v) is 13.2. The first kappa shape index (κ1) is 16.3. The van der Waals surface area contributed by atoms with E-state index in [9.17, 15) is 9.90 Å². The molecule has 1 aromatic carbocycles. The topological polar surface area (TPSA) is 79.2 Å². The molecule has 118 valence electrons. The van der Waals surface area contributed by atoms with Gasteiger partial charge in [0.25, 0.3) is 0 Å². The van der Waals surface area contributed by atoms with E-state index in [1.165, 1.54) is 0 Å². The fraction of sp³-hybridized carbons (Fsp3) is 0.333. The molecule has 1 heterocycles. The zero-order valence-electron chi connectivity index (χ0n) is 12.5. The van der Waals surface area contributed by atoms with Crippen molar-refractivity contribution in [2.75, 3.05) is 6.54 Å². The minimum Gasteiger partial charge on any atom is -0.392 e. The normalized spacial score (nSPS) is 13.5. The number of aliphatic hydroxyl groups is 1. The molecule has 0 aliphatic carbocycles. The molecule has 0 fully saturated rings. The number of hydrogen-bond acceptors (Lipinski definition) is 3. The molecule has 1 aromatic heterocycles. The molecule has 0 unspecified atom stereocenters. The van der Waals surface area contributed by atoms with Crippen molar-refractivity contribution in [2.45, 2.75) is 19.1 Å². The average molecular weight is 323 g/mol. The third-order valence-corrected chi connectivity index (χ3v) is 3.41. The van der Waals surface area contributed by atoms with E-state index in [2.05, 4.69) is 15.6 Å². The van der Waals surface area contributed by atoms with E-state index in [1.807, 2.05) is 29.9 Å². The van der Waals surface area contributed by atoms with Gasteiger partial charge in [-0.25, -0.2) is 9.78 Å². The van der Waals surface area contributed by atoms with E-state index in [-0.39, 0.29) is 12.6 Å². The van der Waals surface area contributed by atoms with Gasteiger partial charge in [0.15, 0.2) is 0 Å². The van der Waals surface area contributed by atoms with Gasteiger partial charge in [-0.1, -0.05) is 23.7 Å². The summed E-state index contributed by atoms with van der Waals surface area (Å²) in [6.45, 7) is 1.79. The van der Waals surface area contributed by atoms with Crippen LogP contribution in [0.2, 0.25) is 5.02 Å². The number of amides is 2. The van der Waals surface area contributed by atoms with Crippen molar-refractivity contribution in [1.82, 2.24) is 20.2 Å². The summed E-state index contributed by atoms with van der Waals surface area (Å²) >= 11 is 5.91. The van der Waals surface area contributed by atoms with Crippen LogP contribution in [-0.4, -0.2) is 33.3 Å². The summed E-state index contributed by atoms with van der Waals surface area (Å²) < 4.78 is 1.84. The molecular weight excluding hydrogens is 304 g/mol. The number of hydrogen-bond donors (Lipinski definition) is 3. The largest absolute Gasteiger partial charge is 0.392 e. The Hall–Kier alpha value is -2.05. The number of carbonyl (C=O) groups is 1. The Bertz CT molecular complexity index is 625. The number of halogens is 1. The predicted molar refractivity (Wildman–Crippen MR) is 84.7 cm³/mol. The third kappa shape index (κ3) is 4.22. The molecular formula is C15H19ClN4O2. The van der Waals surface area contributed by atoms with E-state index < -0.39 is 12.1 Å². The molecule has 6 nitrogen and oxygen atoms in total. The minimum atomic E-state index is -0.604. The summed E-state index contributed by atoms with van der Waals surface area (Å²) in [6, 6.07) is 6.44. The van der Waals surface area contributed by atoms with Gasteiger partial charge in [0.05, 0.1) is 6.10 Å². The van der Waals surface area contributed by atoms with Gasteiger partial charge in [-0.2, -0.15) is 0 Å². The Morgan fingerprint density at radius 1 is 1.41 bits per heavy atom. The molecule has 7 heteroatoms. The van der Waals surface area contributed by atoms with Crippen molar-refractivity contribution in [3.8, 4) is 0 Å². The number of imidazole rings is 1. The molecule has 3 N–H and O–H groups in total. The number of benzene rings is 1. The van der Waals surface area contributed by atoms with Crippen molar-refractivity contribution in [2.24, 2.45) is 7.05 Å². The fourth-order valence-corrected chi connectivity index (χ4v) is 2.16. The molecule has 2 amide bonds. The van der Waals surface area contributed by atoms with Crippen LogP contribution in [0, 0.1) is 0 Å². The number of nitrogens with zero attached hydrogens (tertiary/aromatic N) is 2. The number of urea groups is 1. The molecule has 0 radical (unpaired) electrons. The van der Waals surface area contributed by atoms with Crippen LogP contribution in [0.5, 0.6) is 0 Å². The van der Waals surface area contributed by atoms with Crippen LogP contribution in [0.25, 0.3) is 0 Å². The highest BCUT2D eigenvalue weighted by molar-refractivity contribution is 6.30. The number of nitrogens with one attached hydrogen (secondary N) is 2. The lowest BCUT2D eigenvalue weighted by Gasteiger charge is -2.20. The van der Waals surface area contributed by atoms with Gasteiger partial charge in [0.1, 0.15) is 11.9 Å². The Kier molecular flexibility index (Phi) is 5.41. The third-order valence-electron chi connectivity index (χ3n) is 3.15. The predicted octanol–water partition coefficient (Wildman–Crippen LogP) is 1.84. The number of aryl methyl sites for hydroxylation is 1. The van der Waals surface area contributed by atoms with Crippen molar-refractivity contribution in [1.29, 1.82) is 0 Å². The van der Waals surface area contributed by atoms with E-state index in [1.54, 1.807) is 25.3 Å². The molecule has 2 atom stereocenters. The lowest BCUT2D eigenvalue weighted by Crippen LogP contribution is -2.41. The Morgan fingerprint density at radius 3 is 2.64 bits per heavy atom. The summed E-state index contributed by atoms with van der Waals surface area (Å²) in [5, 5.41) is 15.3. The van der Waals surface area contributed by atoms with Gasteiger partial charge in [-0.05, 0) is 24.6 Å². The number of rotatable bonds is 5. The van der Waals surface area contributed by atoms with Crippen molar-refractivity contribution in [3.05, 3.63) is 53.1 Å². The summed E-state index contributed by atoms with van der Waals surface area (Å²) in [5.74, 6) is 0.703. The van der Waals surface area contributed by atoms with Crippen LogP contribution in [0.3, 0.4) is 0 Å². The maximum Gasteiger partial charge on any atom is 0.315 e. The van der Waals surface area contributed by atoms with E-state index in [4.69, 9.17) is 11.6 Å². The Morgan fingerprint density at radius 2 is 2.09 bits per heavy atom. The molecule has 22 heavy (non-hydrogen) atoms. The average Bonchev–Trinajstić information content (AvgIpc) is 2.90. The Labute approximate surface area is 134 Å². The minimum absolute atomic E-state index is 0.180. The molecule has 0 bridgehead atoms. The maximum atomic E-state index is 12.0. The second-order valence-electron chi connectivity index (χ2n) is 5.08. The van der Waals surface area contributed by atoms with Gasteiger partial charge in [-0.15, -0.1) is 0 Å². The van der Waals surface area contributed by atoms with Gasteiger partial charge in [0, 0.05) is 31.0 Å². The van der Waals surface area contributed by atoms with Gasteiger partial charge >= 0.3 is 6.03 Å². The first-order valence-electron chi connectivity index (χ1n) is 6.92. The highest BCUT2D eigenvalue weighted by Gasteiger charge is 2.20. The molecule has 0 aliphatic heterocycles. The van der Waals surface area contributed by atoms with Crippen LogP contribution in [0.4, 0.5) is 4.79 Å². The van der Waals surface area contributed by atoms with E-state index in [0.29, 0.717) is 10.8 Å². The lowest BCUT2D eigenvalue weighted by molar-refractivity contribution is 0.187. The summed E-state index contributed by atoms with van der Waals surface area (Å²) in [5.41, 5.74) is 0.867. The van der Waals surface area contributed by atoms with Crippen LogP contribution in [0.1, 0.15) is 24.4 Å². The number of carbonyl (C=O) groups excluding carboxylic acids is 1. The first-order chi connectivity index (χ1) is 10.5. The SMILES string of the molecule is C[C@@H](O)CNC(=O)N[C@@H](c1ccc(Cl)cc1)c1nccn1C. The number of aromatic nitrogens is 2. The van der Waals surface area contributed by atoms with Crippen LogP contribution >= 0.6 is 11.6 Å². The van der Waals surface area contributed by atoms with Crippen LogP contribution in [-0.2, 0) is 7.05 Å². The van der Waals surface area contributed by atoms with Crippen molar-refractivity contribution >= 4 is 17.6 Å². The monoisotopic (exact) mass is 322 g/mol. The van der Waals surface area contributed by atoms with Crippen molar-refractivity contribution in [3.63, 3.8) is 0 Å². The van der Waals surface area contributed by atoms with Crippen LogP contribution in [0.15, 0.2) is 36.7 Å². The summed E-state index contributed by atoms with van der Waals surface area (Å²) in [4.78, 5) is 16.3. The fourth-order valence-electron chi connectivity index (χ4n) is 2.03. The molecule has 0 saturated carbocycles. The molecule has 0 saturated heterocycles. The van der Waals surface area contributed by atoms with E-state index in [0.717, 1.165) is 5.56 Å². The molecule has 0 spiro atoms. The molecule has 2 aromatic rings. The van der Waals surface area contributed by atoms with Gasteiger partial charge in [-0.3, -0.25) is 0 Å². The smallest absolute Gasteiger partial charge is 0.315 e. The molecule has 2 rings (SSSR count).